The van der Waals surface area contributed by atoms with Crippen molar-refractivity contribution >= 4 is 39.5 Å². The molecule has 0 spiro atoms. The molecule has 17 nitrogen and oxygen atoms in total. The van der Waals surface area contributed by atoms with E-state index in [1.165, 1.54) is 199 Å². The van der Waals surface area contributed by atoms with Gasteiger partial charge in [-0.25, -0.2) is 9.13 Å². The number of hydrogen-bond donors (Lipinski definition) is 3. The molecule has 0 aromatic heterocycles. The fourth-order valence-corrected chi connectivity index (χ4v) is 13.1. The van der Waals surface area contributed by atoms with Gasteiger partial charge in [-0.1, -0.05) is 337 Å². The Kier molecular flexibility index (Phi) is 65.5. The molecule has 5 atom stereocenters. The second kappa shape index (κ2) is 66.9. The number of carbonyl (C=O) groups is 4. The minimum atomic E-state index is -4.96. The quantitative estimate of drug-likeness (QED) is 0.0222. The minimum absolute atomic E-state index is 0.106. The first kappa shape index (κ1) is 92.1. The van der Waals surface area contributed by atoms with E-state index in [1.807, 2.05) is 0 Å². The number of aliphatic hydroxyl groups is 1. The van der Waals surface area contributed by atoms with E-state index in [9.17, 15) is 43.2 Å². The summed E-state index contributed by atoms with van der Waals surface area (Å²) < 4.78 is 68.5. The number of hydrogen-bond acceptors (Lipinski definition) is 15. The molecule has 19 heteroatoms. The molecule has 0 saturated heterocycles. The van der Waals surface area contributed by atoms with Gasteiger partial charge in [-0.15, -0.1) is 0 Å². The summed E-state index contributed by atoms with van der Waals surface area (Å²) in [4.78, 5) is 72.7. The predicted molar refractivity (Wildman–Crippen MR) is 381 cm³/mol. The van der Waals surface area contributed by atoms with Crippen LogP contribution in [0.25, 0.3) is 0 Å². The van der Waals surface area contributed by atoms with E-state index in [4.69, 9.17) is 37.0 Å². The third kappa shape index (κ3) is 68.6. The molecule has 0 aliphatic carbocycles. The summed E-state index contributed by atoms with van der Waals surface area (Å²) in [6.45, 7) is 9.52. The van der Waals surface area contributed by atoms with Gasteiger partial charge in [0.25, 0.3) is 0 Å². The average molecular weight is 1380 g/mol. The molecule has 0 radical (unpaired) electrons. The standard InChI is InChI=1S/C75H146O17P2/c1-7-9-11-13-15-17-19-21-22-23-24-25-26-32-36-40-48-54-60-75(80)91-70(63-85-72(77)57-51-45-38-34-31-28-27-29-33-37-43-49-55-67(3)4)65-89-93(81,82)87-61-69(76)62-88-94(83,84)90-66-71(64-86-73(78)58-52-46-42-41-44-50-56-68(5)6)92-74(79)59-53-47-39-35-30-20-18-16-14-12-10-8-2/h67-71,76H,7-66H2,1-6H3,(H,81,82)(H,83,84)/t69-,70-,71-/m1/s1. The topological polar surface area (TPSA) is 237 Å². The summed E-state index contributed by atoms with van der Waals surface area (Å²) in [5.41, 5.74) is 0. The molecule has 3 N–H and O–H groups in total. The van der Waals surface area contributed by atoms with Crippen LogP contribution >= 0.6 is 15.6 Å². The summed E-state index contributed by atoms with van der Waals surface area (Å²) >= 11 is 0. The first-order chi connectivity index (χ1) is 45.4. The van der Waals surface area contributed by atoms with E-state index in [2.05, 4.69) is 41.5 Å². The molecule has 0 bridgehead atoms. The van der Waals surface area contributed by atoms with E-state index in [0.29, 0.717) is 31.6 Å². The van der Waals surface area contributed by atoms with Crippen LogP contribution in [0.3, 0.4) is 0 Å². The van der Waals surface area contributed by atoms with E-state index < -0.39 is 97.5 Å². The van der Waals surface area contributed by atoms with Gasteiger partial charge in [0.2, 0.25) is 0 Å². The molecule has 0 rings (SSSR count). The van der Waals surface area contributed by atoms with Crippen LogP contribution < -0.4 is 0 Å². The molecule has 558 valence electrons. The molecule has 0 fully saturated rings. The van der Waals surface area contributed by atoms with Gasteiger partial charge in [0.1, 0.15) is 19.3 Å². The zero-order chi connectivity index (χ0) is 69.3. The third-order valence-electron chi connectivity index (χ3n) is 17.5. The van der Waals surface area contributed by atoms with Crippen molar-refractivity contribution in [2.75, 3.05) is 39.6 Å². The number of aliphatic hydroxyl groups excluding tert-OH is 1. The van der Waals surface area contributed by atoms with Gasteiger partial charge >= 0.3 is 39.5 Å². The van der Waals surface area contributed by atoms with E-state index in [0.717, 1.165) is 102 Å². The monoisotopic (exact) mass is 1380 g/mol. The minimum Gasteiger partial charge on any atom is -0.462 e. The van der Waals surface area contributed by atoms with Crippen molar-refractivity contribution in [1.29, 1.82) is 0 Å². The Hall–Kier alpha value is -1.94. The van der Waals surface area contributed by atoms with E-state index >= 15 is 0 Å². The fraction of sp³-hybridized carbons (Fsp3) is 0.947. The Morgan fingerprint density at radius 2 is 0.489 bits per heavy atom. The molecule has 0 aromatic carbocycles. The SMILES string of the molecule is CCCCCCCCCCCCCCCCCCCCC(=O)O[C@H](COC(=O)CCCCCCCCCCCCCCC(C)C)COP(=O)(O)OC[C@@H](O)COP(=O)(O)OC[C@@H](COC(=O)CCCCCCCCC(C)C)OC(=O)CCCCCCCCCCCCCC. The van der Waals surface area contributed by atoms with E-state index in [1.54, 1.807) is 0 Å². The van der Waals surface area contributed by atoms with Gasteiger partial charge in [-0.2, -0.15) is 0 Å². The number of carbonyl (C=O) groups excluding carboxylic acids is 4. The lowest BCUT2D eigenvalue weighted by molar-refractivity contribution is -0.161. The largest absolute Gasteiger partial charge is 0.472 e. The summed E-state index contributed by atoms with van der Waals surface area (Å²) in [6.07, 6.45) is 54.2. The lowest BCUT2D eigenvalue weighted by Crippen LogP contribution is -2.30. The number of ether oxygens (including phenoxy) is 4. The highest BCUT2D eigenvalue weighted by molar-refractivity contribution is 7.47. The van der Waals surface area contributed by atoms with Crippen molar-refractivity contribution < 1.29 is 80.2 Å². The number of unbranched alkanes of at least 4 members (excludes halogenated alkanes) is 44. The first-order valence-electron chi connectivity index (χ1n) is 39.0. The zero-order valence-corrected chi connectivity index (χ0v) is 63.1. The fourth-order valence-electron chi connectivity index (χ4n) is 11.5. The van der Waals surface area contributed by atoms with Crippen molar-refractivity contribution in [2.45, 2.75) is 407 Å². The van der Waals surface area contributed by atoms with Crippen molar-refractivity contribution in [3.63, 3.8) is 0 Å². The summed E-state index contributed by atoms with van der Waals surface area (Å²) in [5, 5.41) is 10.6. The second-order valence-corrected chi connectivity index (χ2v) is 30.9. The molecule has 0 heterocycles. The van der Waals surface area contributed by atoms with Crippen LogP contribution in [0.1, 0.15) is 388 Å². The highest BCUT2D eigenvalue weighted by atomic mass is 31.2. The average Bonchev–Trinajstić information content (AvgIpc) is 1.45. The normalized spacial score (nSPS) is 14.0. The van der Waals surface area contributed by atoms with Crippen molar-refractivity contribution in [2.24, 2.45) is 11.8 Å². The van der Waals surface area contributed by atoms with Crippen LogP contribution in [-0.4, -0.2) is 96.7 Å². The maximum atomic E-state index is 13.1. The van der Waals surface area contributed by atoms with Crippen LogP contribution in [0, 0.1) is 11.8 Å². The Bertz CT molecular complexity index is 1820. The molecule has 0 aliphatic heterocycles. The maximum Gasteiger partial charge on any atom is 0.472 e. The maximum absolute atomic E-state index is 13.1. The summed E-state index contributed by atoms with van der Waals surface area (Å²) in [5.74, 6) is -0.656. The Labute approximate surface area is 575 Å². The van der Waals surface area contributed by atoms with Crippen LogP contribution in [0.5, 0.6) is 0 Å². The lowest BCUT2D eigenvalue weighted by Gasteiger charge is -2.21. The van der Waals surface area contributed by atoms with Gasteiger partial charge in [0.15, 0.2) is 12.2 Å². The molecule has 0 aromatic rings. The molecule has 2 unspecified atom stereocenters. The summed E-state index contributed by atoms with van der Waals surface area (Å²) in [6, 6.07) is 0. The lowest BCUT2D eigenvalue weighted by atomic mass is 10.0. The Morgan fingerprint density at radius 1 is 0.287 bits per heavy atom. The van der Waals surface area contributed by atoms with Crippen molar-refractivity contribution in [3.05, 3.63) is 0 Å². The van der Waals surface area contributed by atoms with Gasteiger partial charge in [-0.3, -0.25) is 37.3 Å². The third-order valence-corrected chi connectivity index (χ3v) is 19.4. The Balaban J connectivity index is 5.23. The molecule has 0 aliphatic rings. The number of rotatable bonds is 74. The van der Waals surface area contributed by atoms with Gasteiger partial charge < -0.3 is 33.8 Å². The molecular weight excluding hydrogens is 1230 g/mol. The highest BCUT2D eigenvalue weighted by Gasteiger charge is 2.30. The second-order valence-electron chi connectivity index (χ2n) is 28.0. The molecule has 94 heavy (non-hydrogen) atoms. The van der Waals surface area contributed by atoms with Crippen LogP contribution in [0.15, 0.2) is 0 Å². The molecule has 0 saturated carbocycles. The number of phosphoric acid groups is 2. The summed E-state index contributed by atoms with van der Waals surface area (Å²) in [7, 11) is -9.91. The van der Waals surface area contributed by atoms with Gasteiger partial charge in [0, 0.05) is 25.7 Å². The predicted octanol–water partition coefficient (Wildman–Crippen LogP) is 21.9. The van der Waals surface area contributed by atoms with Crippen molar-refractivity contribution in [3.8, 4) is 0 Å². The highest BCUT2D eigenvalue weighted by Crippen LogP contribution is 2.45. The van der Waals surface area contributed by atoms with E-state index in [-0.39, 0.29) is 25.7 Å². The zero-order valence-electron chi connectivity index (χ0n) is 61.3. The first-order valence-corrected chi connectivity index (χ1v) is 42.0. The van der Waals surface area contributed by atoms with Crippen LogP contribution in [0.4, 0.5) is 0 Å². The van der Waals surface area contributed by atoms with Gasteiger partial charge in [-0.05, 0) is 37.5 Å². The van der Waals surface area contributed by atoms with Crippen LogP contribution in [0.2, 0.25) is 0 Å². The molecular formula is C75H146O17P2. The van der Waals surface area contributed by atoms with Gasteiger partial charge in [0.05, 0.1) is 26.4 Å². The number of esters is 4. The van der Waals surface area contributed by atoms with Crippen LogP contribution in [-0.2, 0) is 65.4 Å². The molecule has 0 amide bonds. The number of phosphoric ester groups is 2. The Morgan fingerprint density at radius 3 is 0.723 bits per heavy atom. The van der Waals surface area contributed by atoms with Crippen molar-refractivity contribution in [1.82, 2.24) is 0 Å². The smallest absolute Gasteiger partial charge is 0.462 e.